The van der Waals surface area contributed by atoms with Crippen molar-refractivity contribution in [3.05, 3.63) is 30.5 Å². The molecule has 0 radical (unpaired) electrons. The molecule has 0 unspecified atom stereocenters. The monoisotopic (exact) mass is 273 g/mol. The van der Waals surface area contributed by atoms with Crippen LogP contribution >= 0.6 is 0 Å². The maximum absolute atomic E-state index is 9.74. The van der Waals surface area contributed by atoms with Gasteiger partial charge in [0, 0.05) is 24.2 Å². The Kier molecular flexibility index (Phi) is 5.18. The lowest BCUT2D eigenvalue weighted by molar-refractivity contribution is 0.393. The molecule has 0 saturated heterocycles. The summed E-state index contributed by atoms with van der Waals surface area (Å²) in [4.78, 5) is 6.59. The van der Waals surface area contributed by atoms with Crippen LogP contribution in [0.25, 0.3) is 10.9 Å². The molecular formula is C16H23N3O. The van der Waals surface area contributed by atoms with Crippen LogP contribution in [0.15, 0.2) is 30.5 Å². The Bertz CT molecular complexity index is 554. The number of anilines is 1. The number of unbranched alkanes of at least 4 members (excludes halogenated alkanes) is 2. The first kappa shape index (κ1) is 14.6. The van der Waals surface area contributed by atoms with Crippen LogP contribution in [0.3, 0.4) is 0 Å². The molecule has 2 rings (SSSR count). The van der Waals surface area contributed by atoms with Crippen LogP contribution in [0.5, 0.6) is 5.75 Å². The molecule has 108 valence electrons. The zero-order valence-electron chi connectivity index (χ0n) is 12.3. The van der Waals surface area contributed by atoms with E-state index in [1.165, 1.54) is 12.8 Å². The predicted octanol–water partition coefficient (Wildman–Crippen LogP) is 3.08. The highest BCUT2D eigenvalue weighted by molar-refractivity contribution is 5.91. The number of aromatic hydroxyl groups is 1. The molecule has 0 amide bonds. The van der Waals surface area contributed by atoms with Gasteiger partial charge in [-0.25, -0.2) is 0 Å². The Balaban J connectivity index is 1.90. The van der Waals surface area contributed by atoms with Crippen molar-refractivity contribution in [1.29, 1.82) is 0 Å². The Morgan fingerprint density at radius 2 is 2.05 bits per heavy atom. The molecule has 4 heteroatoms. The average Bonchev–Trinajstić information content (AvgIpc) is 2.42. The molecule has 2 N–H and O–H groups in total. The quantitative estimate of drug-likeness (QED) is 0.761. The molecule has 0 spiro atoms. The Morgan fingerprint density at radius 3 is 2.85 bits per heavy atom. The summed E-state index contributed by atoms with van der Waals surface area (Å²) in [5.74, 6) is 0.278. The van der Waals surface area contributed by atoms with E-state index in [0.717, 1.165) is 36.1 Å². The number of phenolic OH excluding ortho intramolecular Hbond substituents is 1. The Morgan fingerprint density at radius 1 is 1.20 bits per heavy atom. The molecule has 0 fully saturated rings. The first-order chi connectivity index (χ1) is 9.66. The zero-order valence-corrected chi connectivity index (χ0v) is 12.3. The molecule has 0 atom stereocenters. The third-order valence-corrected chi connectivity index (χ3v) is 3.29. The highest BCUT2D eigenvalue weighted by Crippen LogP contribution is 2.26. The molecule has 20 heavy (non-hydrogen) atoms. The van der Waals surface area contributed by atoms with Crippen molar-refractivity contribution >= 4 is 16.6 Å². The van der Waals surface area contributed by atoms with Crippen molar-refractivity contribution in [2.24, 2.45) is 0 Å². The van der Waals surface area contributed by atoms with Crippen molar-refractivity contribution in [3.63, 3.8) is 0 Å². The number of benzene rings is 1. The lowest BCUT2D eigenvalue weighted by Crippen LogP contribution is -2.13. The van der Waals surface area contributed by atoms with Crippen molar-refractivity contribution in [2.75, 3.05) is 32.5 Å². The highest BCUT2D eigenvalue weighted by Gasteiger charge is 2.04. The van der Waals surface area contributed by atoms with Gasteiger partial charge in [-0.05, 0) is 45.6 Å². The molecule has 0 aliphatic heterocycles. The van der Waals surface area contributed by atoms with Crippen LogP contribution in [-0.2, 0) is 0 Å². The summed E-state index contributed by atoms with van der Waals surface area (Å²) in [6.45, 7) is 2.04. The Labute approximate surface area is 120 Å². The van der Waals surface area contributed by atoms with Crippen molar-refractivity contribution in [2.45, 2.75) is 19.3 Å². The van der Waals surface area contributed by atoms with Crippen molar-refractivity contribution in [3.8, 4) is 5.75 Å². The van der Waals surface area contributed by atoms with Crippen LogP contribution < -0.4 is 5.32 Å². The summed E-state index contributed by atoms with van der Waals surface area (Å²) in [7, 11) is 4.20. The predicted molar refractivity (Wildman–Crippen MR) is 84.3 cm³/mol. The molecule has 0 aliphatic rings. The third kappa shape index (κ3) is 4.10. The van der Waals surface area contributed by atoms with Crippen LogP contribution in [0.1, 0.15) is 19.3 Å². The van der Waals surface area contributed by atoms with Gasteiger partial charge in [-0.2, -0.15) is 0 Å². The summed E-state index contributed by atoms with van der Waals surface area (Å²) in [5, 5.41) is 14.1. The lowest BCUT2D eigenvalue weighted by atomic mass is 10.1. The van der Waals surface area contributed by atoms with Crippen LogP contribution in [0, 0.1) is 0 Å². The number of hydrogen-bond donors (Lipinski definition) is 2. The third-order valence-electron chi connectivity index (χ3n) is 3.29. The van der Waals surface area contributed by atoms with E-state index in [9.17, 15) is 5.11 Å². The first-order valence-electron chi connectivity index (χ1n) is 7.13. The number of aromatic nitrogens is 1. The van der Waals surface area contributed by atoms with E-state index in [4.69, 9.17) is 0 Å². The summed E-state index contributed by atoms with van der Waals surface area (Å²) in [6.07, 6.45) is 5.32. The second-order valence-corrected chi connectivity index (χ2v) is 5.36. The molecular weight excluding hydrogens is 250 g/mol. The minimum absolute atomic E-state index is 0.278. The fourth-order valence-electron chi connectivity index (χ4n) is 2.26. The largest absolute Gasteiger partial charge is 0.508 e. The van der Waals surface area contributed by atoms with Gasteiger partial charge in [0.1, 0.15) is 5.75 Å². The normalized spacial score (nSPS) is 11.2. The van der Waals surface area contributed by atoms with E-state index in [1.54, 1.807) is 18.3 Å². The van der Waals surface area contributed by atoms with Crippen LogP contribution in [0.2, 0.25) is 0 Å². The standard InChI is InChI=1S/C16H23N3O/c1-19(2)10-5-3-4-8-17-15-12-14(20)11-13-7-6-9-18-16(13)15/h6-7,9,11-12,17,20H,3-5,8,10H2,1-2H3. The molecule has 4 nitrogen and oxygen atoms in total. The second kappa shape index (κ2) is 7.10. The van der Waals surface area contributed by atoms with Gasteiger partial charge in [0.25, 0.3) is 0 Å². The summed E-state index contributed by atoms with van der Waals surface area (Å²) < 4.78 is 0. The smallest absolute Gasteiger partial charge is 0.118 e. The van der Waals surface area contributed by atoms with E-state index >= 15 is 0 Å². The number of fused-ring (bicyclic) bond motifs is 1. The van der Waals surface area contributed by atoms with E-state index in [0.29, 0.717) is 0 Å². The number of nitrogens with zero attached hydrogens (tertiary/aromatic N) is 2. The maximum atomic E-state index is 9.74. The van der Waals surface area contributed by atoms with Gasteiger partial charge in [-0.1, -0.05) is 12.5 Å². The second-order valence-electron chi connectivity index (χ2n) is 5.36. The number of phenols is 1. The summed E-state index contributed by atoms with van der Waals surface area (Å²) in [6, 6.07) is 7.33. The van der Waals surface area contributed by atoms with E-state index in [2.05, 4.69) is 29.3 Å². The topological polar surface area (TPSA) is 48.4 Å². The summed E-state index contributed by atoms with van der Waals surface area (Å²) >= 11 is 0. The molecule has 0 bridgehead atoms. The molecule has 1 aromatic carbocycles. The maximum Gasteiger partial charge on any atom is 0.118 e. The van der Waals surface area contributed by atoms with E-state index < -0.39 is 0 Å². The average molecular weight is 273 g/mol. The minimum Gasteiger partial charge on any atom is -0.508 e. The van der Waals surface area contributed by atoms with Gasteiger partial charge >= 0.3 is 0 Å². The number of nitrogens with one attached hydrogen (secondary N) is 1. The van der Waals surface area contributed by atoms with Gasteiger partial charge in [-0.15, -0.1) is 0 Å². The van der Waals surface area contributed by atoms with Crippen LogP contribution in [0.4, 0.5) is 5.69 Å². The van der Waals surface area contributed by atoms with Crippen molar-refractivity contribution < 1.29 is 5.11 Å². The van der Waals surface area contributed by atoms with Crippen molar-refractivity contribution in [1.82, 2.24) is 9.88 Å². The fraction of sp³-hybridized carbons (Fsp3) is 0.438. The molecule has 2 aromatic rings. The fourth-order valence-corrected chi connectivity index (χ4v) is 2.26. The van der Waals surface area contributed by atoms with Gasteiger partial charge in [0.15, 0.2) is 0 Å². The molecule has 1 aromatic heterocycles. The molecule has 1 heterocycles. The van der Waals surface area contributed by atoms with Gasteiger partial charge in [0.05, 0.1) is 11.2 Å². The van der Waals surface area contributed by atoms with Gasteiger partial charge < -0.3 is 15.3 Å². The van der Waals surface area contributed by atoms with Crippen LogP contribution in [-0.4, -0.2) is 42.2 Å². The Hall–Kier alpha value is -1.81. The number of rotatable bonds is 7. The van der Waals surface area contributed by atoms with Gasteiger partial charge in [-0.3, -0.25) is 4.98 Å². The molecule has 0 aliphatic carbocycles. The molecule has 0 saturated carbocycles. The summed E-state index contributed by atoms with van der Waals surface area (Å²) in [5.41, 5.74) is 1.83. The number of hydrogen-bond acceptors (Lipinski definition) is 4. The first-order valence-corrected chi connectivity index (χ1v) is 7.13. The lowest BCUT2D eigenvalue weighted by Gasteiger charge is -2.11. The number of pyridine rings is 1. The minimum atomic E-state index is 0.278. The van der Waals surface area contributed by atoms with E-state index in [1.807, 2.05) is 12.1 Å². The van der Waals surface area contributed by atoms with Gasteiger partial charge in [0.2, 0.25) is 0 Å². The SMILES string of the molecule is CN(C)CCCCCNc1cc(O)cc2cccnc12. The highest BCUT2D eigenvalue weighted by atomic mass is 16.3. The zero-order chi connectivity index (χ0) is 14.4. The van der Waals surface area contributed by atoms with E-state index in [-0.39, 0.29) is 5.75 Å².